The lowest BCUT2D eigenvalue weighted by Crippen LogP contribution is -2.36. The predicted molar refractivity (Wildman–Crippen MR) is 68.7 cm³/mol. The molecule has 0 saturated carbocycles. The second kappa shape index (κ2) is 6.59. The smallest absolute Gasteiger partial charge is 0.124 e. The first-order valence-corrected chi connectivity index (χ1v) is 5.84. The number of hydrogen-bond donors (Lipinski definition) is 2. The van der Waals surface area contributed by atoms with Gasteiger partial charge in [-0.1, -0.05) is 18.2 Å². The van der Waals surface area contributed by atoms with Gasteiger partial charge < -0.3 is 9.47 Å². The van der Waals surface area contributed by atoms with Gasteiger partial charge in [-0.05, 0) is 26.8 Å². The Bertz CT molecular complexity index is 342. The van der Waals surface area contributed by atoms with E-state index >= 15 is 0 Å². The molecular formula is C13H22N2O2. The molecule has 4 heteroatoms. The summed E-state index contributed by atoms with van der Waals surface area (Å²) in [5, 5.41) is 0. The van der Waals surface area contributed by atoms with Crippen LogP contribution in [0.25, 0.3) is 0 Å². The largest absolute Gasteiger partial charge is 0.491 e. The minimum absolute atomic E-state index is 0.0306. The number of rotatable bonds is 6. The first kappa shape index (κ1) is 14.0. The summed E-state index contributed by atoms with van der Waals surface area (Å²) in [6, 6.07) is 7.77. The van der Waals surface area contributed by atoms with Crippen LogP contribution in [0.4, 0.5) is 0 Å². The first-order valence-electron chi connectivity index (χ1n) is 5.84. The molecule has 2 unspecified atom stereocenters. The predicted octanol–water partition coefficient (Wildman–Crippen LogP) is 2.01. The second-order valence-electron chi connectivity index (χ2n) is 4.29. The number of hydrogen-bond acceptors (Lipinski definition) is 4. The highest BCUT2D eigenvalue weighted by atomic mass is 16.5. The standard InChI is InChI=1S/C13H22N2O2/c1-9(2)17-12-8-6-5-7-11(12)13(15-14)10(3)16-4/h5-10,13,15H,14H2,1-4H3. The van der Waals surface area contributed by atoms with Crippen LogP contribution in [-0.4, -0.2) is 19.3 Å². The van der Waals surface area contributed by atoms with Gasteiger partial charge in [-0.2, -0.15) is 0 Å². The maximum Gasteiger partial charge on any atom is 0.124 e. The molecule has 2 atom stereocenters. The van der Waals surface area contributed by atoms with Gasteiger partial charge in [-0.3, -0.25) is 11.3 Å². The van der Waals surface area contributed by atoms with Gasteiger partial charge in [0, 0.05) is 12.7 Å². The summed E-state index contributed by atoms with van der Waals surface area (Å²) in [5.41, 5.74) is 3.79. The molecule has 0 fully saturated rings. The van der Waals surface area contributed by atoms with Crippen molar-refractivity contribution in [3.63, 3.8) is 0 Å². The summed E-state index contributed by atoms with van der Waals surface area (Å²) in [7, 11) is 1.67. The Labute approximate surface area is 103 Å². The minimum atomic E-state index is -0.0880. The molecule has 0 spiro atoms. The van der Waals surface area contributed by atoms with Crippen LogP contribution in [0.1, 0.15) is 32.4 Å². The molecule has 0 aliphatic heterocycles. The average molecular weight is 238 g/mol. The summed E-state index contributed by atoms with van der Waals surface area (Å²) in [5.74, 6) is 6.44. The molecule has 0 saturated heterocycles. The molecule has 0 aromatic heterocycles. The third kappa shape index (κ3) is 3.70. The van der Waals surface area contributed by atoms with Crippen LogP contribution in [0.15, 0.2) is 24.3 Å². The Balaban J connectivity index is 3.01. The fraction of sp³-hybridized carbons (Fsp3) is 0.538. The molecule has 1 aromatic carbocycles. The van der Waals surface area contributed by atoms with Crippen molar-refractivity contribution in [1.82, 2.24) is 5.43 Å². The molecule has 1 aromatic rings. The van der Waals surface area contributed by atoms with Crippen molar-refractivity contribution in [3.05, 3.63) is 29.8 Å². The number of nitrogens with two attached hydrogens (primary N) is 1. The Morgan fingerprint density at radius 2 is 1.82 bits per heavy atom. The van der Waals surface area contributed by atoms with Crippen molar-refractivity contribution < 1.29 is 9.47 Å². The fourth-order valence-corrected chi connectivity index (χ4v) is 1.71. The summed E-state index contributed by atoms with van der Waals surface area (Å²) >= 11 is 0. The normalized spacial score (nSPS) is 14.7. The third-order valence-corrected chi connectivity index (χ3v) is 2.64. The molecule has 96 valence electrons. The molecule has 3 N–H and O–H groups in total. The molecule has 0 heterocycles. The van der Waals surface area contributed by atoms with Gasteiger partial charge in [0.2, 0.25) is 0 Å². The monoisotopic (exact) mass is 238 g/mol. The van der Waals surface area contributed by atoms with Gasteiger partial charge in [0.25, 0.3) is 0 Å². The van der Waals surface area contributed by atoms with Crippen molar-refractivity contribution in [1.29, 1.82) is 0 Å². The van der Waals surface area contributed by atoms with Crippen LogP contribution in [0.3, 0.4) is 0 Å². The van der Waals surface area contributed by atoms with Gasteiger partial charge >= 0.3 is 0 Å². The summed E-state index contributed by atoms with van der Waals surface area (Å²) in [6.07, 6.45) is 0.101. The topological polar surface area (TPSA) is 56.5 Å². The van der Waals surface area contributed by atoms with Crippen molar-refractivity contribution in [3.8, 4) is 5.75 Å². The molecule has 0 radical (unpaired) electrons. The molecule has 0 bridgehead atoms. The van der Waals surface area contributed by atoms with Crippen molar-refractivity contribution in [2.45, 2.75) is 39.0 Å². The molecule has 4 nitrogen and oxygen atoms in total. The number of benzene rings is 1. The van der Waals surface area contributed by atoms with Crippen LogP contribution in [0.2, 0.25) is 0 Å². The average Bonchev–Trinajstić information content (AvgIpc) is 2.31. The maximum atomic E-state index is 5.77. The van der Waals surface area contributed by atoms with E-state index in [1.54, 1.807) is 7.11 Å². The number of hydrazine groups is 1. The van der Waals surface area contributed by atoms with Crippen LogP contribution >= 0.6 is 0 Å². The van der Waals surface area contributed by atoms with E-state index < -0.39 is 0 Å². The van der Waals surface area contributed by atoms with Gasteiger partial charge in [0.15, 0.2) is 0 Å². The molecular weight excluding hydrogens is 216 g/mol. The zero-order valence-corrected chi connectivity index (χ0v) is 10.9. The summed E-state index contributed by atoms with van der Waals surface area (Å²) in [6.45, 7) is 5.97. The summed E-state index contributed by atoms with van der Waals surface area (Å²) < 4.78 is 11.1. The number of ether oxygens (including phenoxy) is 2. The third-order valence-electron chi connectivity index (χ3n) is 2.64. The Hall–Kier alpha value is -1.10. The molecule has 17 heavy (non-hydrogen) atoms. The van der Waals surface area contributed by atoms with E-state index in [4.69, 9.17) is 15.3 Å². The Morgan fingerprint density at radius 3 is 2.35 bits per heavy atom. The van der Waals surface area contributed by atoms with E-state index in [9.17, 15) is 0 Å². The van der Waals surface area contributed by atoms with Crippen LogP contribution < -0.4 is 16.0 Å². The highest BCUT2D eigenvalue weighted by molar-refractivity contribution is 5.36. The Kier molecular flexibility index (Phi) is 5.41. The van der Waals surface area contributed by atoms with Crippen molar-refractivity contribution in [2.24, 2.45) is 5.84 Å². The van der Waals surface area contributed by atoms with Crippen molar-refractivity contribution >= 4 is 0 Å². The van der Waals surface area contributed by atoms with Crippen LogP contribution in [-0.2, 0) is 4.74 Å². The Morgan fingerprint density at radius 1 is 1.18 bits per heavy atom. The molecule has 0 aliphatic carbocycles. The number of para-hydroxylation sites is 1. The van der Waals surface area contributed by atoms with E-state index in [1.165, 1.54) is 0 Å². The van der Waals surface area contributed by atoms with Gasteiger partial charge in [0.05, 0.1) is 18.2 Å². The second-order valence-corrected chi connectivity index (χ2v) is 4.29. The summed E-state index contributed by atoms with van der Waals surface area (Å²) in [4.78, 5) is 0. The van der Waals surface area contributed by atoms with Crippen LogP contribution in [0, 0.1) is 0 Å². The highest BCUT2D eigenvalue weighted by Gasteiger charge is 2.21. The SMILES string of the molecule is COC(C)C(NN)c1ccccc1OC(C)C. The number of methoxy groups -OCH3 is 1. The van der Waals surface area contributed by atoms with Crippen molar-refractivity contribution in [2.75, 3.05) is 7.11 Å². The van der Waals surface area contributed by atoms with E-state index in [1.807, 2.05) is 45.0 Å². The lowest BCUT2D eigenvalue weighted by molar-refractivity contribution is 0.0813. The van der Waals surface area contributed by atoms with Gasteiger partial charge in [0.1, 0.15) is 5.75 Å². The molecule has 0 amide bonds. The van der Waals surface area contributed by atoms with E-state index in [-0.39, 0.29) is 18.2 Å². The van der Waals surface area contributed by atoms with E-state index in [0.29, 0.717) is 0 Å². The lowest BCUT2D eigenvalue weighted by atomic mass is 10.0. The van der Waals surface area contributed by atoms with Gasteiger partial charge in [-0.15, -0.1) is 0 Å². The molecule has 0 aliphatic rings. The highest BCUT2D eigenvalue weighted by Crippen LogP contribution is 2.28. The quantitative estimate of drug-likeness (QED) is 0.588. The van der Waals surface area contributed by atoms with Gasteiger partial charge in [-0.25, -0.2) is 0 Å². The van der Waals surface area contributed by atoms with Crippen LogP contribution in [0.5, 0.6) is 5.75 Å². The first-order chi connectivity index (χ1) is 8.10. The lowest BCUT2D eigenvalue weighted by Gasteiger charge is -2.25. The fourth-order valence-electron chi connectivity index (χ4n) is 1.71. The minimum Gasteiger partial charge on any atom is -0.491 e. The number of nitrogens with one attached hydrogen (secondary N) is 1. The van der Waals surface area contributed by atoms with E-state index in [2.05, 4.69) is 5.43 Å². The molecule has 1 rings (SSSR count). The maximum absolute atomic E-state index is 5.77. The van der Waals surface area contributed by atoms with E-state index in [0.717, 1.165) is 11.3 Å². The zero-order valence-electron chi connectivity index (χ0n) is 10.9. The zero-order chi connectivity index (χ0) is 12.8.